The van der Waals surface area contributed by atoms with Gasteiger partial charge in [-0.3, -0.25) is 4.79 Å². The standard InChI is InChI=1S/C23H25BrClN3O3/c1-4-7-8-21-27-19-10-9-16(24)13-17(19)23(29)28(21)26-14-15-11-18(25)22(31-6-3)20(12-15)30-5-2/h9-14H,4-8H2,1-3H3. The topological polar surface area (TPSA) is 65.7 Å². The van der Waals surface area contributed by atoms with Gasteiger partial charge < -0.3 is 9.47 Å². The van der Waals surface area contributed by atoms with Crippen LogP contribution in [0.15, 0.2) is 44.7 Å². The number of aryl methyl sites for hydroxylation is 1. The van der Waals surface area contributed by atoms with E-state index >= 15 is 0 Å². The van der Waals surface area contributed by atoms with Gasteiger partial charge in [0, 0.05) is 10.9 Å². The smallest absolute Gasteiger partial charge is 0.282 e. The fourth-order valence-electron chi connectivity index (χ4n) is 3.14. The normalized spacial score (nSPS) is 11.4. The number of benzene rings is 2. The molecule has 31 heavy (non-hydrogen) atoms. The minimum Gasteiger partial charge on any atom is -0.490 e. The van der Waals surface area contributed by atoms with Crippen molar-refractivity contribution in [2.75, 3.05) is 13.2 Å². The number of aromatic nitrogens is 2. The molecule has 1 heterocycles. The molecule has 0 aliphatic rings. The molecule has 0 aliphatic carbocycles. The lowest BCUT2D eigenvalue weighted by molar-refractivity contribution is 0.288. The van der Waals surface area contributed by atoms with Crippen LogP contribution in [0.2, 0.25) is 5.02 Å². The molecule has 6 nitrogen and oxygen atoms in total. The summed E-state index contributed by atoms with van der Waals surface area (Å²) in [5, 5.41) is 5.40. The Morgan fingerprint density at radius 2 is 1.94 bits per heavy atom. The maximum Gasteiger partial charge on any atom is 0.282 e. The summed E-state index contributed by atoms with van der Waals surface area (Å²) in [6.07, 6.45) is 4.15. The molecule has 0 bridgehead atoms. The van der Waals surface area contributed by atoms with Gasteiger partial charge in [0.2, 0.25) is 0 Å². The lowest BCUT2D eigenvalue weighted by atomic mass is 10.2. The van der Waals surface area contributed by atoms with Crippen LogP contribution in [0.5, 0.6) is 11.5 Å². The van der Waals surface area contributed by atoms with Crippen LogP contribution in [-0.2, 0) is 6.42 Å². The molecular weight excluding hydrogens is 482 g/mol. The Morgan fingerprint density at radius 1 is 1.16 bits per heavy atom. The van der Waals surface area contributed by atoms with E-state index in [1.807, 2.05) is 26.0 Å². The van der Waals surface area contributed by atoms with Gasteiger partial charge in [0.25, 0.3) is 5.56 Å². The zero-order valence-electron chi connectivity index (χ0n) is 17.8. The number of ether oxygens (including phenoxy) is 2. The van der Waals surface area contributed by atoms with Crippen LogP contribution in [0.4, 0.5) is 0 Å². The van der Waals surface area contributed by atoms with Crippen molar-refractivity contribution < 1.29 is 9.47 Å². The Labute approximate surface area is 195 Å². The summed E-state index contributed by atoms with van der Waals surface area (Å²) in [7, 11) is 0. The second-order valence-corrected chi connectivity index (χ2v) is 8.17. The molecule has 0 saturated heterocycles. The number of rotatable bonds is 9. The first kappa shape index (κ1) is 23.3. The molecule has 0 radical (unpaired) electrons. The molecule has 8 heteroatoms. The summed E-state index contributed by atoms with van der Waals surface area (Å²) in [4.78, 5) is 17.9. The number of halogens is 2. The number of hydrogen-bond acceptors (Lipinski definition) is 5. The minimum atomic E-state index is -0.212. The van der Waals surface area contributed by atoms with E-state index in [2.05, 4.69) is 32.9 Å². The molecule has 3 rings (SSSR count). The van der Waals surface area contributed by atoms with Crippen molar-refractivity contribution in [1.82, 2.24) is 9.66 Å². The van der Waals surface area contributed by atoms with Crippen LogP contribution < -0.4 is 15.0 Å². The lowest BCUT2D eigenvalue weighted by Crippen LogP contribution is -2.22. The molecule has 0 N–H and O–H groups in total. The Balaban J connectivity index is 2.09. The van der Waals surface area contributed by atoms with Crippen molar-refractivity contribution in [3.8, 4) is 11.5 Å². The zero-order valence-corrected chi connectivity index (χ0v) is 20.2. The van der Waals surface area contributed by atoms with Gasteiger partial charge in [0.15, 0.2) is 11.5 Å². The summed E-state index contributed by atoms with van der Waals surface area (Å²) in [5.41, 5.74) is 1.14. The Bertz CT molecular complexity index is 1160. The maximum absolute atomic E-state index is 13.2. The molecule has 0 atom stereocenters. The molecule has 0 fully saturated rings. The van der Waals surface area contributed by atoms with Gasteiger partial charge >= 0.3 is 0 Å². The highest BCUT2D eigenvalue weighted by atomic mass is 79.9. The van der Waals surface area contributed by atoms with E-state index in [4.69, 9.17) is 21.1 Å². The van der Waals surface area contributed by atoms with Crippen LogP contribution in [0.25, 0.3) is 10.9 Å². The molecule has 0 aliphatic heterocycles. The van der Waals surface area contributed by atoms with Gasteiger partial charge in [-0.25, -0.2) is 4.98 Å². The molecule has 0 amide bonds. The maximum atomic E-state index is 13.2. The molecule has 2 aromatic carbocycles. The zero-order chi connectivity index (χ0) is 22.4. The van der Waals surface area contributed by atoms with Crippen molar-refractivity contribution in [2.45, 2.75) is 40.0 Å². The highest BCUT2D eigenvalue weighted by Gasteiger charge is 2.13. The van der Waals surface area contributed by atoms with Crippen LogP contribution in [0.3, 0.4) is 0 Å². The van der Waals surface area contributed by atoms with Gasteiger partial charge in [-0.05, 0) is 56.2 Å². The van der Waals surface area contributed by atoms with E-state index in [0.717, 1.165) is 17.3 Å². The quantitative estimate of drug-likeness (QED) is 0.342. The molecule has 0 saturated carbocycles. The van der Waals surface area contributed by atoms with Gasteiger partial charge in [-0.15, -0.1) is 0 Å². The number of nitrogens with zero attached hydrogens (tertiary/aromatic N) is 3. The summed E-state index contributed by atoms with van der Waals surface area (Å²) in [6.45, 7) is 6.82. The second-order valence-electron chi connectivity index (χ2n) is 6.85. The van der Waals surface area contributed by atoms with E-state index in [1.54, 1.807) is 24.4 Å². The van der Waals surface area contributed by atoms with Crippen LogP contribution >= 0.6 is 27.5 Å². The van der Waals surface area contributed by atoms with E-state index in [0.29, 0.717) is 58.4 Å². The molecule has 3 aromatic rings. The monoisotopic (exact) mass is 505 g/mol. The molecule has 1 aromatic heterocycles. The Hall–Kier alpha value is -2.38. The van der Waals surface area contributed by atoms with Crippen molar-refractivity contribution >= 4 is 44.6 Å². The first-order chi connectivity index (χ1) is 15.0. The van der Waals surface area contributed by atoms with Crippen LogP contribution in [-0.4, -0.2) is 29.1 Å². The van der Waals surface area contributed by atoms with E-state index in [9.17, 15) is 4.79 Å². The Morgan fingerprint density at radius 3 is 2.65 bits per heavy atom. The van der Waals surface area contributed by atoms with E-state index in [1.165, 1.54) is 4.68 Å². The highest BCUT2D eigenvalue weighted by Crippen LogP contribution is 2.36. The number of hydrogen-bond donors (Lipinski definition) is 0. The molecular formula is C23H25BrClN3O3. The molecule has 164 valence electrons. The largest absolute Gasteiger partial charge is 0.490 e. The lowest BCUT2D eigenvalue weighted by Gasteiger charge is -2.13. The number of fused-ring (bicyclic) bond motifs is 1. The number of unbranched alkanes of at least 4 members (excludes halogenated alkanes) is 1. The SMILES string of the molecule is CCCCc1nc2ccc(Br)cc2c(=O)n1N=Cc1cc(Cl)c(OCC)c(OCC)c1. The molecule has 0 spiro atoms. The summed E-state index contributed by atoms with van der Waals surface area (Å²) >= 11 is 9.83. The van der Waals surface area contributed by atoms with Crippen LogP contribution in [0, 0.1) is 0 Å². The fourth-order valence-corrected chi connectivity index (χ4v) is 3.78. The minimum absolute atomic E-state index is 0.212. The van der Waals surface area contributed by atoms with E-state index < -0.39 is 0 Å². The third-order valence-electron chi connectivity index (χ3n) is 4.57. The van der Waals surface area contributed by atoms with E-state index in [-0.39, 0.29) is 5.56 Å². The average Bonchev–Trinajstić information content (AvgIpc) is 2.75. The highest BCUT2D eigenvalue weighted by molar-refractivity contribution is 9.10. The van der Waals surface area contributed by atoms with Crippen LogP contribution in [0.1, 0.15) is 45.0 Å². The average molecular weight is 507 g/mol. The third-order valence-corrected chi connectivity index (χ3v) is 5.35. The van der Waals surface area contributed by atoms with Gasteiger partial charge in [-0.1, -0.05) is 40.9 Å². The van der Waals surface area contributed by atoms with Crippen molar-refractivity contribution in [1.29, 1.82) is 0 Å². The second kappa shape index (κ2) is 10.8. The Kier molecular flexibility index (Phi) is 8.09. The first-order valence-corrected chi connectivity index (χ1v) is 11.5. The summed E-state index contributed by atoms with van der Waals surface area (Å²) in [6, 6.07) is 9.02. The van der Waals surface area contributed by atoms with Crippen molar-refractivity contribution in [3.63, 3.8) is 0 Å². The predicted molar refractivity (Wildman–Crippen MR) is 129 cm³/mol. The van der Waals surface area contributed by atoms with Gasteiger partial charge in [-0.2, -0.15) is 9.78 Å². The first-order valence-electron chi connectivity index (χ1n) is 10.3. The van der Waals surface area contributed by atoms with Crippen molar-refractivity contribution in [2.24, 2.45) is 5.10 Å². The summed E-state index contributed by atoms with van der Waals surface area (Å²) < 4.78 is 13.5. The fraction of sp³-hybridized carbons (Fsp3) is 0.348. The summed E-state index contributed by atoms with van der Waals surface area (Å²) in [5.74, 6) is 1.67. The van der Waals surface area contributed by atoms with Gasteiger partial charge in [0.05, 0.1) is 35.4 Å². The van der Waals surface area contributed by atoms with Crippen molar-refractivity contribution in [3.05, 3.63) is 61.6 Å². The molecule has 0 unspecified atom stereocenters. The third kappa shape index (κ3) is 5.46. The predicted octanol–water partition coefficient (Wildman–Crippen LogP) is 5.83. The van der Waals surface area contributed by atoms with Gasteiger partial charge in [0.1, 0.15) is 5.82 Å².